The normalized spacial score (nSPS) is 23.7. The first kappa shape index (κ1) is 14.8. The van der Waals surface area contributed by atoms with Crippen LogP contribution in [-0.4, -0.2) is 49.1 Å². The Balaban J connectivity index is 1.65. The molecule has 0 aliphatic carbocycles. The summed E-state index contributed by atoms with van der Waals surface area (Å²) in [5, 5.41) is 6.59. The smallest absolute Gasteiger partial charge is 0.220 e. The molecule has 0 saturated carbocycles. The zero-order valence-electron chi connectivity index (χ0n) is 12.5. The number of nitrogens with zero attached hydrogens (tertiary/aromatic N) is 1. The van der Waals surface area contributed by atoms with Crippen LogP contribution in [0.4, 0.5) is 0 Å². The van der Waals surface area contributed by atoms with Crippen LogP contribution in [0.15, 0.2) is 0 Å². The van der Waals surface area contributed by atoms with E-state index in [1.54, 1.807) is 0 Å². The molecule has 2 fully saturated rings. The lowest BCUT2D eigenvalue weighted by Crippen LogP contribution is -2.47. The van der Waals surface area contributed by atoms with E-state index in [4.69, 9.17) is 0 Å². The van der Waals surface area contributed by atoms with Gasteiger partial charge in [0.05, 0.1) is 0 Å². The molecule has 2 aliphatic heterocycles. The van der Waals surface area contributed by atoms with E-state index in [0.29, 0.717) is 18.0 Å². The van der Waals surface area contributed by atoms with Gasteiger partial charge in [-0.15, -0.1) is 0 Å². The van der Waals surface area contributed by atoms with Crippen LogP contribution < -0.4 is 10.6 Å². The van der Waals surface area contributed by atoms with Crippen molar-refractivity contribution in [2.24, 2.45) is 5.92 Å². The second-order valence-electron chi connectivity index (χ2n) is 6.37. The van der Waals surface area contributed by atoms with E-state index in [0.717, 1.165) is 58.3 Å². The maximum absolute atomic E-state index is 12.0. The van der Waals surface area contributed by atoms with Gasteiger partial charge in [0.25, 0.3) is 0 Å². The number of hydrogen-bond donors (Lipinski definition) is 2. The fraction of sp³-hybridized carbons (Fsp3) is 0.933. The molecule has 4 heteroatoms. The van der Waals surface area contributed by atoms with E-state index < -0.39 is 0 Å². The molecule has 0 spiro atoms. The minimum absolute atomic E-state index is 0.273. The summed E-state index contributed by atoms with van der Waals surface area (Å²) in [5.41, 5.74) is 0. The van der Waals surface area contributed by atoms with Crippen LogP contribution in [0.5, 0.6) is 0 Å². The lowest BCUT2D eigenvalue weighted by Gasteiger charge is -2.35. The lowest BCUT2D eigenvalue weighted by atomic mass is 9.94. The highest BCUT2D eigenvalue weighted by Crippen LogP contribution is 2.17. The first-order chi connectivity index (χ1) is 9.15. The molecule has 0 aromatic heterocycles. The quantitative estimate of drug-likeness (QED) is 0.808. The van der Waals surface area contributed by atoms with Gasteiger partial charge in [-0.05, 0) is 58.5 Å². The molecule has 0 unspecified atom stereocenters. The predicted molar refractivity (Wildman–Crippen MR) is 78.1 cm³/mol. The van der Waals surface area contributed by atoms with E-state index in [2.05, 4.69) is 29.4 Å². The van der Waals surface area contributed by atoms with Gasteiger partial charge >= 0.3 is 0 Å². The fourth-order valence-electron chi connectivity index (χ4n) is 3.19. The Kier molecular flexibility index (Phi) is 5.64. The van der Waals surface area contributed by atoms with Crippen LogP contribution in [-0.2, 0) is 4.79 Å². The Hall–Kier alpha value is -0.610. The van der Waals surface area contributed by atoms with Gasteiger partial charge < -0.3 is 15.5 Å². The van der Waals surface area contributed by atoms with Gasteiger partial charge in [0, 0.05) is 31.6 Å². The van der Waals surface area contributed by atoms with Crippen molar-refractivity contribution in [1.29, 1.82) is 0 Å². The second kappa shape index (κ2) is 7.25. The molecule has 2 aliphatic rings. The maximum atomic E-state index is 12.0. The first-order valence-corrected chi connectivity index (χ1v) is 7.89. The van der Waals surface area contributed by atoms with Gasteiger partial charge in [-0.25, -0.2) is 0 Å². The number of likely N-dealkylation sites (tertiary alicyclic amines) is 1. The van der Waals surface area contributed by atoms with E-state index in [1.807, 2.05) is 0 Å². The van der Waals surface area contributed by atoms with Crippen LogP contribution in [0.3, 0.4) is 0 Å². The number of carbonyl (C=O) groups is 1. The third-order valence-electron chi connectivity index (χ3n) is 4.56. The molecule has 2 heterocycles. The van der Waals surface area contributed by atoms with E-state index in [1.165, 1.54) is 0 Å². The van der Waals surface area contributed by atoms with E-state index in [-0.39, 0.29) is 5.91 Å². The molecule has 19 heavy (non-hydrogen) atoms. The number of rotatable bonds is 4. The van der Waals surface area contributed by atoms with Crippen molar-refractivity contribution >= 4 is 5.91 Å². The molecule has 2 rings (SSSR count). The van der Waals surface area contributed by atoms with Gasteiger partial charge in [0.2, 0.25) is 5.91 Å². The molecule has 0 bridgehead atoms. The Bertz CT molecular complexity index is 279. The summed E-state index contributed by atoms with van der Waals surface area (Å²) in [6.45, 7) is 8.88. The summed E-state index contributed by atoms with van der Waals surface area (Å²) in [7, 11) is 0. The van der Waals surface area contributed by atoms with Crippen molar-refractivity contribution in [3.05, 3.63) is 0 Å². The third-order valence-corrected chi connectivity index (χ3v) is 4.56. The molecule has 0 atom stereocenters. The molecule has 0 aromatic carbocycles. The average molecular weight is 267 g/mol. The largest absolute Gasteiger partial charge is 0.353 e. The summed E-state index contributed by atoms with van der Waals surface area (Å²) in [6.07, 6.45) is 5.25. The minimum Gasteiger partial charge on any atom is -0.353 e. The minimum atomic E-state index is 0.273. The predicted octanol–water partition coefficient (Wildman–Crippen LogP) is 1.37. The molecule has 2 saturated heterocycles. The zero-order chi connectivity index (χ0) is 13.7. The molecule has 1 amide bonds. The summed E-state index contributed by atoms with van der Waals surface area (Å²) in [4.78, 5) is 14.5. The highest BCUT2D eigenvalue weighted by Gasteiger charge is 2.23. The Morgan fingerprint density at radius 2 is 1.84 bits per heavy atom. The van der Waals surface area contributed by atoms with Gasteiger partial charge in [-0.1, -0.05) is 0 Å². The lowest BCUT2D eigenvalue weighted by molar-refractivity contribution is -0.123. The Morgan fingerprint density at radius 3 is 2.42 bits per heavy atom. The summed E-state index contributed by atoms with van der Waals surface area (Å²) in [6, 6.07) is 1.04. The Labute approximate surface area is 117 Å². The number of nitrogens with one attached hydrogen (secondary N) is 2. The summed E-state index contributed by atoms with van der Waals surface area (Å²) >= 11 is 0. The average Bonchev–Trinajstić information content (AvgIpc) is 2.40. The van der Waals surface area contributed by atoms with Crippen LogP contribution in [0, 0.1) is 5.92 Å². The third kappa shape index (κ3) is 4.77. The van der Waals surface area contributed by atoms with E-state index >= 15 is 0 Å². The van der Waals surface area contributed by atoms with Gasteiger partial charge in [-0.3, -0.25) is 4.79 Å². The van der Waals surface area contributed by atoms with Crippen molar-refractivity contribution in [3.8, 4) is 0 Å². The number of hydrogen-bond acceptors (Lipinski definition) is 3. The highest BCUT2D eigenvalue weighted by molar-refractivity contribution is 5.76. The fourth-order valence-corrected chi connectivity index (χ4v) is 3.19. The Morgan fingerprint density at radius 1 is 1.21 bits per heavy atom. The van der Waals surface area contributed by atoms with E-state index in [9.17, 15) is 4.79 Å². The summed E-state index contributed by atoms with van der Waals surface area (Å²) < 4.78 is 0. The van der Waals surface area contributed by atoms with Crippen molar-refractivity contribution in [2.45, 2.75) is 58.0 Å². The van der Waals surface area contributed by atoms with Gasteiger partial charge in [0.1, 0.15) is 0 Å². The number of amides is 1. The molecular weight excluding hydrogens is 238 g/mol. The molecular formula is C15H29N3O. The van der Waals surface area contributed by atoms with Crippen molar-refractivity contribution in [1.82, 2.24) is 15.5 Å². The highest BCUT2D eigenvalue weighted by atomic mass is 16.1. The standard InChI is InChI=1S/C15H29N3O/c1-12(2)18-9-5-14(6-10-18)17-15(19)11-13-3-7-16-8-4-13/h12-14,16H,3-11H2,1-2H3,(H,17,19). The van der Waals surface area contributed by atoms with Crippen LogP contribution in [0.25, 0.3) is 0 Å². The monoisotopic (exact) mass is 267 g/mol. The van der Waals surface area contributed by atoms with Gasteiger partial charge in [-0.2, -0.15) is 0 Å². The summed E-state index contributed by atoms with van der Waals surface area (Å²) in [5.74, 6) is 0.868. The molecule has 0 radical (unpaired) electrons. The number of piperidine rings is 2. The SMILES string of the molecule is CC(C)N1CCC(NC(=O)CC2CCNCC2)CC1. The van der Waals surface area contributed by atoms with Crippen LogP contribution >= 0.6 is 0 Å². The first-order valence-electron chi connectivity index (χ1n) is 7.89. The number of carbonyl (C=O) groups excluding carboxylic acids is 1. The van der Waals surface area contributed by atoms with Crippen LogP contribution in [0.1, 0.15) is 46.0 Å². The van der Waals surface area contributed by atoms with Crippen LogP contribution in [0.2, 0.25) is 0 Å². The zero-order valence-corrected chi connectivity index (χ0v) is 12.5. The van der Waals surface area contributed by atoms with Gasteiger partial charge in [0.15, 0.2) is 0 Å². The molecule has 4 nitrogen and oxygen atoms in total. The second-order valence-corrected chi connectivity index (χ2v) is 6.37. The maximum Gasteiger partial charge on any atom is 0.220 e. The molecule has 2 N–H and O–H groups in total. The van der Waals surface area contributed by atoms with Crippen molar-refractivity contribution in [2.75, 3.05) is 26.2 Å². The van der Waals surface area contributed by atoms with Crippen molar-refractivity contribution in [3.63, 3.8) is 0 Å². The topological polar surface area (TPSA) is 44.4 Å². The van der Waals surface area contributed by atoms with Crippen molar-refractivity contribution < 1.29 is 4.79 Å². The molecule has 0 aromatic rings. The molecule has 110 valence electrons.